The highest BCUT2D eigenvalue weighted by molar-refractivity contribution is 6.08. The third-order valence-electron chi connectivity index (χ3n) is 7.32. The summed E-state index contributed by atoms with van der Waals surface area (Å²) in [7, 11) is 5.74. The second-order valence-electron chi connectivity index (χ2n) is 9.78. The predicted molar refractivity (Wildman–Crippen MR) is 174 cm³/mol. The summed E-state index contributed by atoms with van der Waals surface area (Å²) in [6.45, 7) is 0.0480. The maximum Gasteiger partial charge on any atom is 0.355 e. The number of aliphatic hydroxyl groups is 1. The van der Waals surface area contributed by atoms with E-state index in [1.54, 1.807) is 54.6 Å². The molecule has 0 bridgehead atoms. The van der Waals surface area contributed by atoms with Crippen molar-refractivity contribution in [3.8, 4) is 39.8 Å². The van der Waals surface area contributed by atoms with Crippen LogP contribution in [0.5, 0.6) is 23.0 Å². The van der Waals surface area contributed by atoms with E-state index >= 15 is 0 Å². The van der Waals surface area contributed by atoms with Crippen molar-refractivity contribution in [3.05, 3.63) is 106 Å². The lowest BCUT2D eigenvalue weighted by atomic mass is 9.95. The molecule has 0 aliphatic carbocycles. The molecule has 5 rings (SSSR count). The van der Waals surface area contributed by atoms with Crippen molar-refractivity contribution in [1.82, 2.24) is 4.57 Å². The van der Waals surface area contributed by atoms with E-state index in [1.165, 1.54) is 33.0 Å². The van der Waals surface area contributed by atoms with E-state index in [0.717, 1.165) is 11.1 Å². The van der Waals surface area contributed by atoms with Crippen LogP contribution in [0.2, 0.25) is 0 Å². The lowest BCUT2D eigenvalue weighted by Gasteiger charge is -2.21. The summed E-state index contributed by atoms with van der Waals surface area (Å²) < 4.78 is 29.3. The second kappa shape index (κ2) is 14.1. The highest BCUT2D eigenvalue weighted by atomic mass is 35.5. The molecule has 0 fully saturated rings. The summed E-state index contributed by atoms with van der Waals surface area (Å²) in [5.41, 5.74) is 8.83. The van der Waals surface area contributed by atoms with Crippen LogP contribution in [0.15, 0.2) is 83.7 Å². The van der Waals surface area contributed by atoms with Gasteiger partial charge in [0.2, 0.25) is 5.75 Å². The Hall–Kier alpha value is -5.19. The number of nitrogen functional groups attached to an aromatic ring is 1. The molecule has 0 spiro atoms. The number of hydrogen-bond donors (Lipinski definition) is 2. The van der Waals surface area contributed by atoms with Crippen LogP contribution in [-0.4, -0.2) is 44.1 Å². The quantitative estimate of drug-likeness (QED) is 0.150. The number of carbonyl (C=O) groups excluding carboxylic acids is 1. The van der Waals surface area contributed by atoms with Crippen molar-refractivity contribution in [3.63, 3.8) is 0 Å². The summed E-state index contributed by atoms with van der Waals surface area (Å²) in [4.78, 5) is 27.8. The number of ether oxygens (including phenoxy) is 5. The molecule has 0 unspecified atom stereocenters. The van der Waals surface area contributed by atoms with Gasteiger partial charge in [0.25, 0.3) is 5.56 Å². The number of esters is 1. The fourth-order valence-corrected chi connectivity index (χ4v) is 5.16. The number of carbonyl (C=O) groups is 1. The van der Waals surface area contributed by atoms with E-state index in [-0.39, 0.29) is 36.7 Å². The average Bonchev–Trinajstić information content (AvgIpc) is 3.06. The molecule has 0 saturated heterocycles. The summed E-state index contributed by atoms with van der Waals surface area (Å²) in [5, 5.41) is 10.5. The van der Waals surface area contributed by atoms with Crippen molar-refractivity contribution < 1.29 is 33.6 Å². The molecule has 0 aliphatic rings. The topological polar surface area (TPSA) is 131 Å². The van der Waals surface area contributed by atoms with Gasteiger partial charge in [-0.15, -0.1) is 12.4 Å². The fraction of sp³-hybridized carbons (Fsp3) is 0.176. The van der Waals surface area contributed by atoms with E-state index in [9.17, 15) is 14.7 Å². The third kappa shape index (κ3) is 6.24. The zero-order valence-corrected chi connectivity index (χ0v) is 26.0. The molecule has 3 N–H and O–H groups in total. The maximum atomic E-state index is 14.3. The number of hydrogen-bond acceptors (Lipinski definition) is 9. The summed E-state index contributed by atoms with van der Waals surface area (Å²) in [6, 6.07) is 22.5. The number of halogens is 1. The number of benzene rings is 4. The Morgan fingerprint density at radius 3 is 2.04 bits per heavy atom. The molecule has 0 atom stereocenters. The molecular formula is C34H33ClN2O8. The van der Waals surface area contributed by atoms with Crippen LogP contribution in [0, 0.1) is 0 Å². The Bertz CT molecular complexity index is 1880. The number of methoxy groups -OCH3 is 4. The highest BCUT2D eigenvalue weighted by Gasteiger charge is 2.27. The molecule has 0 amide bonds. The number of nitrogens with zero attached hydrogens (tertiary/aromatic N) is 1. The Morgan fingerprint density at radius 1 is 0.822 bits per heavy atom. The maximum absolute atomic E-state index is 14.3. The Labute approximate surface area is 265 Å². The van der Waals surface area contributed by atoms with Gasteiger partial charge >= 0.3 is 5.97 Å². The molecule has 45 heavy (non-hydrogen) atoms. The van der Waals surface area contributed by atoms with Gasteiger partial charge in [-0.1, -0.05) is 24.3 Å². The van der Waals surface area contributed by atoms with Gasteiger partial charge in [0.1, 0.15) is 18.1 Å². The second-order valence-corrected chi connectivity index (χ2v) is 9.78. The van der Waals surface area contributed by atoms with Gasteiger partial charge in [-0.3, -0.25) is 9.36 Å². The number of anilines is 1. The van der Waals surface area contributed by atoms with Gasteiger partial charge in [0.05, 0.1) is 40.4 Å². The monoisotopic (exact) mass is 632 g/mol. The lowest BCUT2D eigenvalue weighted by Crippen LogP contribution is -2.27. The van der Waals surface area contributed by atoms with Crippen LogP contribution in [0.1, 0.15) is 21.6 Å². The number of fused-ring (bicyclic) bond motifs is 1. The van der Waals surface area contributed by atoms with Crippen molar-refractivity contribution in [1.29, 1.82) is 0 Å². The first kappa shape index (κ1) is 32.7. The van der Waals surface area contributed by atoms with Gasteiger partial charge in [-0.25, -0.2) is 4.79 Å². The number of pyridine rings is 1. The van der Waals surface area contributed by atoms with E-state index in [1.807, 2.05) is 24.3 Å². The average molecular weight is 633 g/mol. The van der Waals surface area contributed by atoms with Gasteiger partial charge in [0.15, 0.2) is 11.5 Å². The largest absolute Gasteiger partial charge is 0.493 e. The van der Waals surface area contributed by atoms with Gasteiger partial charge in [0, 0.05) is 16.9 Å². The SMILES string of the molecule is COC(=O)c1c(-c2cc(OC)c(OC)c(OC)c2)c2ccc(OCc3ccccc3CO)cc2c(=O)n1-c1ccc(N)cc1.Cl. The van der Waals surface area contributed by atoms with E-state index in [0.29, 0.717) is 50.9 Å². The Kier molecular flexibility index (Phi) is 10.2. The molecule has 234 valence electrons. The first-order valence-electron chi connectivity index (χ1n) is 13.6. The van der Waals surface area contributed by atoms with E-state index in [2.05, 4.69) is 0 Å². The first-order valence-corrected chi connectivity index (χ1v) is 13.6. The summed E-state index contributed by atoms with van der Waals surface area (Å²) in [6.07, 6.45) is 0. The number of aliphatic hydroxyl groups excluding tert-OH is 1. The molecule has 0 aliphatic heterocycles. The Balaban J connectivity index is 0.00000461. The number of nitrogens with two attached hydrogens (primary N) is 1. The number of aromatic nitrogens is 1. The van der Waals surface area contributed by atoms with E-state index < -0.39 is 11.5 Å². The van der Waals surface area contributed by atoms with Gasteiger partial charge in [-0.2, -0.15) is 0 Å². The summed E-state index contributed by atoms with van der Waals surface area (Å²) in [5.74, 6) is 0.781. The normalized spacial score (nSPS) is 10.6. The third-order valence-corrected chi connectivity index (χ3v) is 7.32. The first-order chi connectivity index (χ1) is 21.3. The van der Waals surface area contributed by atoms with E-state index in [4.69, 9.17) is 29.4 Å². The molecule has 0 saturated carbocycles. The Morgan fingerprint density at radius 2 is 1.47 bits per heavy atom. The van der Waals surface area contributed by atoms with Crippen LogP contribution >= 0.6 is 12.4 Å². The molecule has 10 nitrogen and oxygen atoms in total. The van der Waals surface area contributed by atoms with Crippen LogP contribution in [-0.2, 0) is 18.0 Å². The number of rotatable bonds is 10. The molecule has 5 aromatic rings. The highest BCUT2D eigenvalue weighted by Crippen LogP contribution is 2.44. The molecule has 1 aromatic heterocycles. The molecule has 4 aromatic carbocycles. The minimum absolute atomic E-state index is 0. The molecule has 0 radical (unpaired) electrons. The smallest absolute Gasteiger partial charge is 0.355 e. The van der Waals surface area contributed by atoms with Gasteiger partial charge in [-0.05, 0) is 76.7 Å². The van der Waals surface area contributed by atoms with Crippen LogP contribution < -0.4 is 30.2 Å². The van der Waals surface area contributed by atoms with Gasteiger partial charge < -0.3 is 34.5 Å². The molecule has 1 heterocycles. The van der Waals surface area contributed by atoms with Crippen LogP contribution in [0.4, 0.5) is 5.69 Å². The minimum atomic E-state index is -0.731. The molecule has 11 heteroatoms. The summed E-state index contributed by atoms with van der Waals surface area (Å²) >= 11 is 0. The van der Waals surface area contributed by atoms with Crippen LogP contribution in [0.25, 0.3) is 27.6 Å². The lowest BCUT2D eigenvalue weighted by molar-refractivity contribution is 0.0591. The van der Waals surface area contributed by atoms with Crippen molar-refractivity contribution in [2.75, 3.05) is 34.2 Å². The zero-order chi connectivity index (χ0) is 31.4. The standard InChI is InChI=1S/C34H32N2O8.ClH/c1-40-28-15-22(16-29(41-2)32(28)42-3)30-26-14-13-25(44-19-21-8-6-5-7-20(21)18-37)17-27(26)33(38)36(31(30)34(39)43-4)24-11-9-23(35)10-12-24;/h5-17,37H,18-19,35H2,1-4H3;1H. The van der Waals surface area contributed by atoms with Crippen LogP contribution in [0.3, 0.4) is 0 Å². The van der Waals surface area contributed by atoms with Crippen molar-refractivity contribution >= 4 is 34.8 Å². The minimum Gasteiger partial charge on any atom is -0.493 e. The van der Waals surface area contributed by atoms with Crippen molar-refractivity contribution in [2.45, 2.75) is 13.2 Å². The predicted octanol–water partition coefficient (Wildman–Crippen LogP) is 5.55. The van der Waals surface area contributed by atoms with Crippen molar-refractivity contribution in [2.24, 2.45) is 0 Å². The molecular weight excluding hydrogens is 600 g/mol. The fourth-order valence-electron chi connectivity index (χ4n) is 5.16. The zero-order valence-electron chi connectivity index (χ0n) is 25.2.